The molecular formula is C14H20N2O3. The Hall–Kier alpha value is -1.88. The van der Waals surface area contributed by atoms with Crippen LogP contribution in [0.4, 0.5) is 5.69 Å². The largest absolute Gasteiger partial charge is 0.458 e. The number of anilines is 1. The summed E-state index contributed by atoms with van der Waals surface area (Å²) in [6.07, 6.45) is -0.169. The smallest absolute Gasteiger partial charge is 0.338 e. The summed E-state index contributed by atoms with van der Waals surface area (Å²) in [6, 6.07) is 6.62. The molecule has 5 heteroatoms. The van der Waals surface area contributed by atoms with Crippen molar-refractivity contribution >= 4 is 17.6 Å². The molecule has 1 amide bonds. The zero-order valence-electron chi connectivity index (χ0n) is 11.8. The lowest BCUT2D eigenvalue weighted by Crippen LogP contribution is -2.28. The van der Waals surface area contributed by atoms with Crippen LogP contribution in [0.3, 0.4) is 0 Å². The van der Waals surface area contributed by atoms with Gasteiger partial charge in [-0.15, -0.1) is 0 Å². The maximum atomic E-state index is 11.8. The summed E-state index contributed by atoms with van der Waals surface area (Å²) in [4.78, 5) is 24.7. The predicted molar refractivity (Wildman–Crippen MR) is 74.2 cm³/mol. The summed E-state index contributed by atoms with van der Waals surface area (Å²) >= 11 is 0. The van der Waals surface area contributed by atoms with E-state index in [4.69, 9.17) is 4.74 Å². The fourth-order valence-corrected chi connectivity index (χ4v) is 1.70. The first-order chi connectivity index (χ1) is 8.88. The van der Waals surface area contributed by atoms with Gasteiger partial charge in [-0.25, -0.2) is 4.79 Å². The van der Waals surface area contributed by atoms with Gasteiger partial charge in [-0.05, 0) is 45.3 Å². The molecule has 104 valence electrons. The molecule has 0 saturated carbocycles. The molecule has 1 atom stereocenters. The molecule has 0 aromatic heterocycles. The molecule has 1 N–H and O–H groups in total. The van der Waals surface area contributed by atoms with Gasteiger partial charge in [0.25, 0.3) is 0 Å². The van der Waals surface area contributed by atoms with Crippen LogP contribution in [0.5, 0.6) is 0 Å². The van der Waals surface area contributed by atoms with Gasteiger partial charge in [0.15, 0.2) is 0 Å². The standard InChI is InChI=1S/C14H20N2O3/c1-10(9-16(3)4)19-14(18)12-5-7-13(8-6-12)15-11(2)17/h5-8,10H,9H2,1-4H3,(H,15,17). The lowest BCUT2D eigenvalue weighted by molar-refractivity contribution is -0.114. The van der Waals surface area contributed by atoms with E-state index in [9.17, 15) is 9.59 Å². The van der Waals surface area contributed by atoms with Gasteiger partial charge in [0, 0.05) is 19.2 Å². The topological polar surface area (TPSA) is 58.6 Å². The van der Waals surface area contributed by atoms with Gasteiger partial charge in [0.05, 0.1) is 5.56 Å². The Morgan fingerprint density at radius 2 is 1.84 bits per heavy atom. The summed E-state index contributed by atoms with van der Waals surface area (Å²) in [6.45, 7) is 3.96. The Labute approximate surface area is 113 Å². The SMILES string of the molecule is CC(=O)Nc1ccc(C(=O)OC(C)CN(C)C)cc1. The van der Waals surface area contributed by atoms with E-state index >= 15 is 0 Å². The van der Waals surface area contributed by atoms with Gasteiger partial charge in [0.2, 0.25) is 5.91 Å². The van der Waals surface area contributed by atoms with Crippen molar-refractivity contribution < 1.29 is 14.3 Å². The lowest BCUT2D eigenvalue weighted by atomic mass is 10.2. The Bertz CT molecular complexity index is 441. The second-order valence-corrected chi connectivity index (χ2v) is 4.74. The van der Waals surface area contributed by atoms with Crippen LogP contribution >= 0.6 is 0 Å². The van der Waals surface area contributed by atoms with Crippen molar-refractivity contribution in [1.29, 1.82) is 0 Å². The van der Waals surface area contributed by atoms with Crippen molar-refractivity contribution in [2.75, 3.05) is 26.0 Å². The first-order valence-corrected chi connectivity index (χ1v) is 6.12. The second kappa shape index (κ2) is 6.89. The number of hydrogen-bond donors (Lipinski definition) is 1. The van der Waals surface area contributed by atoms with Crippen molar-refractivity contribution in [3.05, 3.63) is 29.8 Å². The summed E-state index contributed by atoms with van der Waals surface area (Å²) in [5.74, 6) is -0.501. The minimum Gasteiger partial charge on any atom is -0.458 e. The lowest BCUT2D eigenvalue weighted by Gasteiger charge is -2.17. The molecule has 0 fully saturated rings. The number of amides is 1. The highest BCUT2D eigenvalue weighted by Gasteiger charge is 2.12. The van der Waals surface area contributed by atoms with Crippen LogP contribution in [0.15, 0.2) is 24.3 Å². The van der Waals surface area contributed by atoms with Crippen molar-refractivity contribution in [2.24, 2.45) is 0 Å². The van der Waals surface area contributed by atoms with Gasteiger partial charge in [-0.2, -0.15) is 0 Å². The monoisotopic (exact) mass is 264 g/mol. The molecule has 1 unspecified atom stereocenters. The molecule has 0 bridgehead atoms. The van der Waals surface area contributed by atoms with Gasteiger partial charge < -0.3 is 15.0 Å². The maximum Gasteiger partial charge on any atom is 0.338 e. The number of ether oxygens (including phenoxy) is 1. The predicted octanol–water partition coefficient (Wildman–Crippen LogP) is 1.75. The summed E-state index contributed by atoms with van der Waals surface area (Å²) in [5.41, 5.74) is 1.13. The third-order valence-electron chi connectivity index (χ3n) is 2.37. The molecule has 0 aliphatic heterocycles. The fraction of sp³-hybridized carbons (Fsp3) is 0.429. The first-order valence-electron chi connectivity index (χ1n) is 6.12. The number of benzene rings is 1. The normalized spacial score (nSPS) is 12.1. The highest BCUT2D eigenvalue weighted by atomic mass is 16.5. The van der Waals surface area contributed by atoms with E-state index in [0.717, 1.165) is 0 Å². The average molecular weight is 264 g/mol. The van der Waals surface area contributed by atoms with Crippen molar-refractivity contribution in [2.45, 2.75) is 20.0 Å². The number of nitrogens with zero attached hydrogens (tertiary/aromatic N) is 1. The van der Waals surface area contributed by atoms with E-state index < -0.39 is 0 Å². The van der Waals surface area contributed by atoms with Crippen molar-refractivity contribution in [3.63, 3.8) is 0 Å². The number of nitrogens with one attached hydrogen (secondary N) is 1. The number of esters is 1. The van der Waals surface area contributed by atoms with Gasteiger partial charge >= 0.3 is 5.97 Å². The van der Waals surface area contributed by atoms with Gasteiger partial charge in [-0.3, -0.25) is 4.79 Å². The summed E-state index contributed by atoms with van der Waals surface area (Å²) in [5, 5.41) is 2.64. The Kier molecular flexibility index (Phi) is 5.51. The third kappa shape index (κ3) is 5.52. The molecule has 19 heavy (non-hydrogen) atoms. The maximum absolute atomic E-state index is 11.8. The van der Waals surface area contributed by atoms with Crippen LogP contribution in [0.2, 0.25) is 0 Å². The Morgan fingerprint density at radius 1 is 1.26 bits per heavy atom. The molecule has 0 heterocycles. The van der Waals surface area contributed by atoms with Crippen LogP contribution in [-0.2, 0) is 9.53 Å². The minimum atomic E-state index is -0.358. The summed E-state index contributed by atoms with van der Waals surface area (Å²) < 4.78 is 5.30. The molecular weight excluding hydrogens is 244 g/mol. The molecule has 1 aromatic rings. The van der Waals surface area contributed by atoms with E-state index in [2.05, 4.69) is 5.32 Å². The zero-order valence-corrected chi connectivity index (χ0v) is 11.8. The van der Waals surface area contributed by atoms with E-state index in [1.54, 1.807) is 24.3 Å². The molecule has 0 spiro atoms. The fourth-order valence-electron chi connectivity index (χ4n) is 1.70. The first kappa shape index (κ1) is 15.2. The Balaban J connectivity index is 2.60. The van der Waals surface area contributed by atoms with Gasteiger partial charge in [0.1, 0.15) is 6.10 Å². The highest BCUT2D eigenvalue weighted by molar-refractivity contribution is 5.92. The molecule has 1 aromatic carbocycles. The van der Waals surface area contributed by atoms with Crippen LogP contribution in [0.1, 0.15) is 24.2 Å². The molecule has 0 aliphatic carbocycles. The third-order valence-corrected chi connectivity index (χ3v) is 2.37. The number of likely N-dealkylation sites (N-methyl/N-ethyl adjacent to an activating group) is 1. The van der Waals surface area contributed by atoms with Crippen LogP contribution < -0.4 is 5.32 Å². The van der Waals surface area contributed by atoms with Crippen molar-refractivity contribution in [3.8, 4) is 0 Å². The highest BCUT2D eigenvalue weighted by Crippen LogP contribution is 2.11. The van der Waals surface area contributed by atoms with E-state index in [0.29, 0.717) is 17.8 Å². The van der Waals surface area contributed by atoms with Gasteiger partial charge in [-0.1, -0.05) is 0 Å². The van der Waals surface area contributed by atoms with Crippen LogP contribution in [0, 0.1) is 0 Å². The molecule has 0 saturated heterocycles. The quantitative estimate of drug-likeness (QED) is 0.823. The number of carbonyl (C=O) groups excluding carboxylic acids is 2. The molecule has 1 rings (SSSR count). The van der Waals surface area contributed by atoms with E-state index in [1.807, 2.05) is 25.9 Å². The zero-order chi connectivity index (χ0) is 14.4. The van der Waals surface area contributed by atoms with Crippen LogP contribution in [-0.4, -0.2) is 43.5 Å². The number of rotatable bonds is 5. The minimum absolute atomic E-state index is 0.144. The number of hydrogen-bond acceptors (Lipinski definition) is 4. The van der Waals surface area contributed by atoms with E-state index in [-0.39, 0.29) is 18.0 Å². The van der Waals surface area contributed by atoms with E-state index in [1.165, 1.54) is 6.92 Å². The number of carbonyl (C=O) groups is 2. The molecule has 5 nitrogen and oxygen atoms in total. The Morgan fingerprint density at radius 3 is 2.32 bits per heavy atom. The average Bonchev–Trinajstić information content (AvgIpc) is 2.27. The van der Waals surface area contributed by atoms with Crippen molar-refractivity contribution in [1.82, 2.24) is 4.90 Å². The molecule has 0 radical (unpaired) electrons. The summed E-state index contributed by atoms with van der Waals surface area (Å²) in [7, 11) is 3.85. The second-order valence-electron chi connectivity index (χ2n) is 4.74. The van der Waals surface area contributed by atoms with Crippen LogP contribution in [0.25, 0.3) is 0 Å². The molecule has 0 aliphatic rings.